The molecule has 1 aromatic heterocycles. The van der Waals surface area contributed by atoms with E-state index in [1.165, 1.54) is 0 Å². The Balaban J connectivity index is 1.25. The number of benzene rings is 1. The Hall–Kier alpha value is -4.59. The number of amides is 1. The maximum atomic E-state index is 12.5. The van der Waals surface area contributed by atoms with Gasteiger partial charge in [-0.3, -0.25) is 28.9 Å². The first kappa shape index (κ1) is 44.1. The number of fused-ring (bicyclic) bond motifs is 1. The van der Waals surface area contributed by atoms with Crippen molar-refractivity contribution in [3.63, 3.8) is 0 Å². The van der Waals surface area contributed by atoms with Crippen LogP contribution in [0.2, 0.25) is 0 Å². The van der Waals surface area contributed by atoms with Crippen molar-refractivity contribution in [3.8, 4) is 0 Å². The van der Waals surface area contributed by atoms with Crippen LogP contribution in [0.5, 0.6) is 0 Å². The molecule has 2 aliphatic heterocycles. The summed E-state index contributed by atoms with van der Waals surface area (Å²) in [6, 6.07) is 5.89. The average molecular weight is 819 g/mol. The van der Waals surface area contributed by atoms with Gasteiger partial charge in [0.05, 0.1) is 37.1 Å². The molecule has 1 amide bonds. The number of nitrogens with zero attached hydrogens (tertiary/aromatic N) is 2. The first-order valence-corrected chi connectivity index (χ1v) is 18.4. The molecule has 310 valence electrons. The Kier molecular flexibility index (Phi) is 15.0. The van der Waals surface area contributed by atoms with Gasteiger partial charge in [-0.2, -0.15) is 4.98 Å². The van der Waals surface area contributed by atoms with Gasteiger partial charge in [-0.05, 0) is 38.0 Å². The first-order valence-electron chi connectivity index (χ1n) is 16.9. The fraction of sp³-hybridized carbons (Fsp3) is 0.548. The number of aliphatic hydroxyl groups excluding tert-OH is 5. The lowest BCUT2D eigenvalue weighted by atomic mass is 10.00. The maximum Gasteiger partial charge on any atom is 0.473 e. The normalized spacial score (nSPS) is 24.3. The van der Waals surface area contributed by atoms with E-state index in [0.29, 0.717) is 17.0 Å². The Morgan fingerprint density at radius 2 is 1.73 bits per heavy atom. The molecule has 13 N–H and O–H groups in total. The SMILES string of the molecule is CC1Nc2nc(NC(=O)O)[nH]c(=O)c2N=C1[C@@H](C)Nc1ccc(C[C@H](O)[C@H](O)[C@H](O)CO[C@H]2O[C@H](COP(=O)(O)O[C@@H](CCC(=O)O)C(=O)O)[C@@H](O)[C@H]2O)cc1. The number of H-pyrrole nitrogens is 1. The summed E-state index contributed by atoms with van der Waals surface area (Å²) in [5, 5.41) is 87.2. The van der Waals surface area contributed by atoms with Crippen molar-refractivity contribution >= 4 is 54.7 Å². The molecule has 1 aromatic carbocycles. The fourth-order valence-corrected chi connectivity index (χ4v) is 6.52. The number of aliphatic imine (C=N–C) groups is 1. The number of hydrogen-bond donors (Lipinski definition) is 13. The van der Waals surface area contributed by atoms with Crippen LogP contribution in [0.3, 0.4) is 0 Å². The van der Waals surface area contributed by atoms with Crippen molar-refractivity contribution in [1.82, 2.24) is 9.97 Å². The maximum absolute atomic E-state index is 12.5. The number of aromatic nitrogens is 2. The van der Waals surface area contributed by atoms with Crippen LogP contribution in [0.4, 0.5) is 27.9 Å². The number of aliphatic carboxylic acids is 2. The Morgan fingerprint density at radius 3 is 2.36 bits per heavy atom. The minimum absolute atomic E-state index is 0.0227. The number of ether oxygens (including phenoxy) is 2. The molecule has 1 saturated heterocycles. The molecular formula is C31H43N6O18P. The van der Waals surface area contributed by atoms with Gasteiger partial charge in [0, 0.05) is 18.5 Å². The van der Waals surface area contributed by atoms with Gasteiger partial charge in [0.2, 0.25) is 5.95 Å². The predicted molar refractivity (Wildman–Crippen MR) is 190 cm³/mol. The summed E-state index contributed by atoms with van der Waals surface area (Å²) in [5.74, 6) is -3.25. The lowest BCUT2D eigenvalue weighted by molar-refractivity contribution is -0.192. The molecule has 0 bridgehead atoms. The minimum Gasteiger partial charge on any atom is -0.481 e. The third kappa shape index (κ3) is 12.0. The Labute approximate surface area is 316 Å². The number of nitrogens with one attached hydrogen (secondary N) is 4. The fourth-order valence-electron chi connectivity index (χ4n) is 5.60. The van der Waals surface area contributed by atoms with E-state index in [-0.39, 0.29) is 23.9 Å². The molecule has 0 spiro atoms. The van der Waals surface area contributed by atoms with Gasteiger partial charge in [-0.25, -0.2) is 19.1 Å². The van der Waals surface area contributed by atoms with E-state index in [1.807, 2.05) is 12.2 Å². The monoisotopic (exact) mass is 818 g/mol. The van der Waals surface area contributed by atoms with Crippen molar-refractivity contribution in [2.24, 2.45) is 4.99 Å². The van der Waals surface area contributed by atoms with E-state index in [2.05, 4.69) is 34.6 Å². The second-order valence-corrected chi connectivity index (χ2v) is 14.2. The number of carboxylic acid groups (broad SMARTS) is 3. The molecule has 2 aliphatic rings. The molecule has 0 aliphatic carbocycles. The molecule has 3 heterocycles. The second kappa shape index (κ2) is 19.0. The van der Waals surface area contributed by atoms with Crippen LogP contribution in [0, 0.1) is 0 Å². The molecule has 2 unspecified atom stereocenters. The van der Waals surface area contributed by atoms with Crippen LogP contribution in [-0.4, -0.2) is 154 Å². The van der Waals surface area contributed by atoms with Gasteiger partial charge in [-0.1, -0.05) is 12.1 Å². The molecule has 25 heteroatoms. The van der Waals surface area contributed by atoms with Crippen LogP contribution in [0.15, 0.2) is 34.1 Å². The summed E-state index contributed by atoms with van der Waals surface area (Å²) >= 11 is 0. The summed E-state index contributed by atoms with van der Waals surface area (Å²) in [4.78, 5) is 66.1. The van der Waals surface area contributed by atoms with E-state index in [1.54, 1.807) is 31.2 Å². The molecule has 1 fully saturated rings. The minimum atomic E-state index is -5.12. The van der Waals surface area contributed by atoms with E-state index in [0.717, 1.165) is 0 Å². The zero-order valence-corrected chi connectivity index (χ0v) is 30.6. The van der Waals surface area contributed by atoms with Gasteiger partial charge in [-0.15, -0.1) is 0 Å². The number of carboxylic acids is 2. The highest BCUT2D eigenvalue weighted by Crippen LogP contribution is 2.46. The third-order valence-corrected chi connectivity index (χ3v) is 9.48. The molecule has 11 atom stereocenters. The number of phosphoric ester groups is 1. The van der Waals surface area contributed by atoms with Gasteiger partial charge in [0.1, 0.15) is 30.5 Å². The van der Waals surface area contributed by atoms with Crippen LogP contribution in [0.25, 0.3) is 0 Å². The van der Waals surface area contributed by atoms with Gasteiger partial charge >= 0.3 is 25.9 Å². The molecule has 0 radical (unpaired) electrons. The smallest absolute Gasteiger partial charge is 0.473 e. The van der Waals surface area contributed by atoms with Crippen LogP contribution >= 0.6 is 7.82 Å². The van der Waals surface area contributed by atoms with Crippen molar-refractivity contribution in [1.29, 1.82) is 0 Å². The highest BCUT2D eigenvalue weighted by atomic mass is 31.2. The molecule has 24 nitrogen and oxygen atoms in total. The number of rotatable bonds is 20. The van der Waals surface area contributed by atoms with E-state index in [9.17, 15) is 54.2 Å². The van der Waals surface area contributed by atoms with Crippen LogP contribution < -0.4 is 21.5 Å². The van der Waals surface area contributed by atoms with Gasteiger partial charge in [0.15, 0.2) is 23.9 Å². The summed E-state index contributed by atoms with van der Waals surface area (Å²) in [5.41, 5.74) is 1.08. The highest BCUT2D eigenvalue weighted by Gasteiger charge is 2.45. The number of aliphatic hydroxyl groups is 5. The van der Waals surface area contributed by atoms with E-state index in [4.69, 9.17) is 24.8 Å². The first-order chi connectivity index (χ1) is 26.2. The summed E-state index contributed by atoms with van der Waals surface area (Å²) in [6.45, 7) is 1.97. The third-order valence-electron chi connectivity index (χ3n) is 8.48. The zero-order valence-electron chi connectivity index (χ0n) is 29.7. The molecule has 0 saturated carbocycles. The molecule has 2 aromatic rings. The second-order valence-electron chi connectivity index (χ2n) is 12.8. The largest absolute Gasteiger partial charge is 0.481 e. The standard InChI is InChI=1S/C31H43N6O18P/c1-12(21-13(2)33-26-22(34-21)27(45)36-30(35-26)37-31(48)49)32-15-5-3-14(4-6-15)9-16(38)23(42)17(39)10-52-29-25(44)24(43)19(54-29)11-53-56(50,51)55-18(28(46)47)7-8-20(40)41/h3-6,12-13,16-19,23-25,29,32,38-39,42-44H,7-11H2,1-2H3,(H,40,41)(H,46,47)(H,48,49)(H,50,51)(H3,33,35,36,37,45)/t12-,13?,16+,17-,18+,19-,23+,24-,25-,29+/m1/s1. The summed E-state index contributed by atoms with van der Waals surface area (Å²) < 4.78 is 32.0. The number of hydrogen-bond acceptors (Lipinski definition) is 18. The molecule has 4 rings (SSSR count). The topological polar surface area (TPSA) is 381 Å². The number of anilines is 3. The van der Waals surface area contributed by atoms with Crippen molar-refractivity contribution in [2.45, 2.75) is 94.2 Å². The van der Waals surface area contributed by atoms with Gasteiger partial charge in [0.25, 0.3) is 5.56 Å². The lowest BCUT2D eigenvalue weighted by Gasteiger charge is -2.28. The van der Waals surface area contributed by atoms with Crippen molar-refractivity contribution in [3.05, 3.63) is 40.2 Å². The van der Waals surface area contributed by atoms with E-state index >= 15 is 0 Å². The number of phosphoric acid groups is 1. The number of aromatic amines is 1. The van der Waals surface area contributed by atoms with Crippen LogP contribution in [0.1, 0.15) is 32.3 Å². The van der Waals surface area contributed by atoms with Gasteiger partial charge < -0.3 is 65.9 Å². The Bertz CT molecular complexity index is 1850. The lowest BCUT2D eigenvalue weighted by Crippen LogP contribution is -2.43. The highest BCUT2D eigenvalue weighted by molar-refractivity contribution is 7.47. The molecular weight excluding hydrogens is 775 g/mol. The predicted octanol–water partition coefficient (Wildman–Crippen LogP) is -1.21. The average Bonchev–Trinajstić information content (AvgIpc) is 3.39. The summed E-state index contributed by atoms with van der Waals surface area (Å²) in [7, 11) is -5.12. The van der Waals surface area contributed by atoms with Crippen molar-refractivity contribution < 1.29 is 83.2 Å². The molecule has 56 heavy (non-hydrogen) atoms. The van der Waals surface area contributed by atoms with Crippen LogP contribution in [-0.2, 0) is 39.1 Å². The quantitative estimate of drug-likeness (QED) is 0.0697. The zero-order chi connectivity index (χ0) is 41.5. The summed E-state index contributed by atoms with van der Waals surface area (Å²) in [6.07, 6.45) is -16.5. The van der Waals surface area contributed by atoms with E-state index < -0.39 is 119 Å². The van der Waals surface area contributed by atoms with Crippen molar-refractivity contribution in [2.75, 3.05) is 29.2 Å². The number of carbonyl (C=O) groups is 3. The Morgan fingerprint density at radius 1 is 1.05 bits per heavy atom.